The van der Waals surface area contributed by atoms with Gasteiger partial charge in [-0.05, 0) is 92.9 Å². The first-order chi connectivity index (χ1) is 20.5. The first-order valence-corrected chi connectivity index (χ1v) is 16.5. The van der Waals surface area contributed by atoms with Gasteiger partial charge in [0.05, 0.1) is 24.3 Å². The molecule has 0 saturated heterocycles. The quantitative estimate of drug-likeness (QED) is 0.220. The SMILES string of the molecule is CCOc1ccc(N(CC(=O)N(Cc2cccc(OC)c2)[C@@H](CC)C(=O)N[C@H](C)CC)S(=O)(=O)c2ccc(Br)cc2)cc1. The van der Waals surface area contributed by atoms with Crippen LogP contribution in [0.15, 0.2) is 82.2 Å². The van der Waals surface area contributed by atoms with Crippen LogP contribution in [0.25, 0.3) is 0 Å². The van der Waals surface area contributed by atoms with Gasteiger partial charge in [0.25, 0.3) is 10.0 Å². The largest absolute Gasteiger partial charge is 0.497 e. The molecular formula is C32H40BrN3O6S. The lowest BCUT2D eigenvalue weighted by Crippen LogP contribution is -2.53. The van der Waals surface area contributed by atoms with Crippen molar-refractivity contribution in [2.75, 3.05) is 24.6 Å². The maximum atomic E-state index is 14.2. The zero-order chi connectivity index (χ0) is 31.6. The van der Waals surface area contributed by atoms with Crippen LogP contribution in [0, 0.1) is 0 Å². The molecule has 0 saturated carbocycles. The molecule has 0 aliphatic rings. The minimum absolute atomic E-state index is 0.0262. The van der Waals surface area contributed by atoms with E-state index >= 15 is 0 Å². The van der Waals surface area contributed by atoms with Crippen LogP contribution in [0.3, 0.4) is 0 Å². The number of nitrogens with zero attached hydrogens (tertiary/aromatic N) is 2. The molecule has 0 aliphatic carbocycles. The van der Waals surface area contributed by atoms with E-state index in [9.17, 15) is 18.0 Å². The van der Waals surface area contributed by atoms with Crippen LogP contribution < -0.4 is 19.1 Å². The number of anilines is 1. The van der Waals surface area contributed by atoms with Gasteiger partial charge in [0.2, 0.25) is 11.8 Å². The van der Waals surface area contributed by atoms with E-state index in [4.69, 9.17) is 9.47 Å². The van der Waals surface area contributed by atoms with E-state index in [1.165, 1.54) is 17.0 Å². The Morgan fingerprint density at radius 3 is 2.19 bits per heavy atom. The molecule has 3 aromatic rings. The van der Waals surface area contributed by atoms with Gasteiger partial charge in [0.1, 0.15) is 24.1 Å². The van der Waals surface area contributed by atoms with Gasteiger partial charge >= 0.3 is 0 Å². The first kappa shape index (κ1) is 33.9. The van der Waals surface area contributed by atoms with Crippen LogP contribution in [0.5, 0.6) is 11.5 Å². The standard InChI is InChI=1S/C32H40BrN3O6S/c1-6-23(4)34-32(38)30(7-2)35(21-24-10-9-11-28(20-24)41-5)31(37)22-36(26-14-16-27(17-15-26)42-8-3)43(39,40)29-18-12-25(33)13-19-29/h9-20,23,30H,6-8,21-22H2,1-5H3,(H,34,38)/t23-,30+/m1/s1. The lowest BCUT2D eigenvalue weighted by Gasteiger charge is -2.33. The smallest absolute Gasteiger partial charge is 0.264 e. The number of methoxy groups -OCH3 is 1. The zero-order valence-electron chi connectivity index (χ0n) is 25.2. The molecule has 2 atom stereocenters. The van der Waals surface area contributed by atoms with Gasteiger partial charge in [0.15, 0.2) is 0 Å². The molecule has 232 valence electrons. The molecule has 0 bridgehead atoms. The Hall–Kier alpha value is -3.57. The van der Waals surface area contributed by atoms with Crippen molar-refractivity contribution in [1.82, 2.24) is 10.2 Å². The third-order valence-corrected chi connectivity index (χ3v) is 9.31. The van der Waals surface area contributed by atoms with Crippen molar-refractivity contribution in [3.05, 3.63) is 82.8 Å². The van der Waals surface area contributed by atoms with Crippen molar-refractivity contribution in [1.29, 1.82) is 0 Å². The van der Waals surface area contributed by atoms with Crippen molar-refractivity contribution < 1.29 is 27.5 Å². The summed E-state index contributed by atoms with van der Waals surface area (Å²) < 4.78 is 40.8. The van der Waals surface area contributed by atoms with Gasteiger partial charge in [0, 0.05) is 17.1 Å². The number of amides is 2. The second-order valence-corrected chi connectivity index (χ2v) is 12.8. The highest BCUT2D eigenvalue weighted by molar-refractivity contribution is 9.10. The van der Waals surface area contributed by atoms with E-state index in [1.54, 1.807) is 61.7 Å². The topological polar surface area (TPSA) is 105 Å². The van der Waals surface area contributed by atoms with Crippen LogP contribution in [0.4, 0.5) is 5.69 Å². The summed E-state index contributed by atoms with van der Waals surface area (Å²) in [6.07, 6.45) is 1.06. The number of ether oxygens (including phenoxy) is 2. The molecule has 0 radical (unpaired) electrons. The van der Waals surface area contributed by atoms with E-state index in [0.29, 0.717) is 24.5 Å². The van der Waals surface area contributed by atoms with Gasteiger partial charge < -0.3 is 19.7 Å². The Morgan fingerprint density at radius 1 is 0.930 bits per heavy atom. The fourth-order valence-electron chi connectivity index (χ4n) is 4.47. The molecule has 9 nitrogen and oxygen atoms in total. The molecular weight excluding hydrogens is 634 g/mol. The predicted octanol–water partition coefficient (Wildman–Crippen LogP) is 5.77. The molecule has 11 heteroatoms. The van der Waals surface area contributed by atoms with Gasteiger partial charge in [-0.25, -0.2) is 8.42 Å². The van der Waals surface area contributed by atoms with Crippen molar-refractivity contribution in [2.24, 2.45) is 0 Å². The molecule has 0 spiro atoms. The third-order valence-electron chi connectivity index (χ3n) is 6.99. The summed E-state index contributed by atoms with van der Waals surface area (Å²) in [7, 11) is -2.63. The lowest BCUT2D eigenvalue weighted by molar-refractivity contribution is -0.140. The Labute approximate surface area is 263 Å². The first-order valence-electron chi connectivity index (χ1n) is 14.3. The van der Waals surface area contributed by atoms with E-state index in [-0.39, 0.29) is 29.1 Å². The van der Waals surface area contributed by atoms with Crippen LogP contribution in [-0.2, 0) is 26.2 Å². The molecule has 0 aliphatic heterocycles. The Morgan fingerprint density at radius 2 is 1.60 bits per heavy atom. The molecule has 0 fully saturated rings. The van der Waals surface area contributed by atoms with E-state index in [2.05, 4.69) is 21.2 Å². The molecule has 1 N–H and O–H groups in total. The highest BCUT2D eigenvalue weighted by Crippen LogP contribution is 2.28. The summed E-state index contributed by atoms with van der Waals surface area (Å²) >= 11 is 3.35. The number of hydrogen-bond acceptors (Lipinski definition) is 6. The van der Waals surface area contributed by atoms with Crippen molar-refractivity contribution >= 4 is 43.5 Å². The minimum Gasteiger partial charge on any atom is -0.497 e. The van der Waals surface area contributed by atoms with Crippen molar-refractivity contribution in [3.8, 4) is 11.5 Å². The summed E-state index contributed by atoms with van der Waals surface area (Å²) in [5, 5.41) is 2.98. The van der Waals surface area contributed by atoms with E-state index in [1.807, 2.05) is 33.8 Å². The number of sulfonamides is 1. The maximum absolute atomic E-state index is 14.2. The molecule has 3 aromatic carbocycles. The number of carbonyl (C=O) groups is 2. The molecule has 0 unspecified atom stereocenters. The maximum Gasteiger partial charge on any atom is 0.264 e. The fourth-order valence-corrected chi connectivity index (χ4v) is 6.14. The second kappa shape index (κ2) is 15.8. The van der Waals surface area contributed by atoms with E-state index in [0.717, 1.165) is 20.8 Å². The average Bonchev–Trinajstić information content (AvgIpc) is 3.00. The Balaban J connectivity index is 2.07. The van der Waals surface area contributed by atoms with Gasteiger partial charge in [-0.15, -0.1) is 0 Å². The van der Waals surface area contributed by atoms with Crippen LogP contribution in [0.1, 0.15) is 46.1 Å². The Bertz CT molecular complexity index is 1470. The average molecular weight is 675 g/mol. The minimum atomic E-state index is -4.18. The lowest BCUT2D eigenvalue weighted by atomic mass is 10.1. The fraction of sp³-hybridized carbons (Fsp3) is 0.375. The van der Waals surface area contributed by atoms with Gasteiger partial charge in [-0.3, -0.25) is 13.9 Å². The molecule has 3 rings (SSSR count). The number of hydrogen-bond donors (Lipinski definition) is 1. The summed E-state index contributed by atoms with van der Waals surface area (Å²) in [4.78, 5) is 29.1. The molecule has 2 amide bonds. The van der Waals surface area contributed by atoms with Gasteiger partial charge in [-0.1, -0.05) is 41.9 Å². The van der Waals surface area contributed by atoms with Crippen molar-refractivity contribution in [2.45, 2.75) is 64.1 Å². The number of nitrogens with one attached hydrogen (secondary N) is 1. The summed E-state index contributed by atoms with van der Waals surface area (Å²) in [6, 6.07) is 19.1. The second-order valence-electron chi connectivity index (χ2n) is 10.0. The number of rotatable bonds is 15. The molecule has 0 heterocycles. The highest BCUT2D eigenvalue weighted by Gasteiger charge is 2.34. The van der Waals surface area contributed by atoms with E-state index < -0.39 is 28.5 Å². The third kappa shape index (κ3) is 8.96. The number of halogens is 1. The normalized spacial score (nSPS) is 12.6. The summed E-state index contributed by atoms with van der Waals surface area (Å²) in [6.45, 7) is 7.56. The number of benzene rings is 3. The highest BCUT2D eigenvalue weighted by atomic mass is 79.9. The van der Waals surface area contributed by atoms with Gasteiger partial charge in [-0.2, -0.15) is 0 Å². The summed E-state index contributed by atoms with van der Waals surface area (Å²) in [5.41, 5.74) is 1.03. The summed E-state index contributed by atoms with van der Waals surface area (Å²) in [5.74, 6) is 0.363. The van der Waals surface area contributed by atoms with Crippen LogP contribution >= 0.6 is 15.9 Å². The van der Waals surface area contributed by atoms with Crippen LogP contribution in [0.2, 0.25) is 0 Å². The number of carbonyl (C=O) groups excluding carboxylic acids is 2. The van der Waals surface area contributed by atoms with Crippen LogP contribution in [-0.4, -0.2) is 57.5 Å². The Kier molecular flexibility index (Phi) is 12.4. The predicted molar refractivity (Wildman–Crippen MR) is 172 cm³/mol. The molecule has 0 aromatic heterocycles. The zero-order valence-corrected chi connectivity index (χ0v) is 27.7. The van der Waals surface area contributed by atoms with Crippen molar-refractivity contribution in [3.63, 3.8) is 0 Å². The molecule has 43 heavy (non-hydrogen) atoms. The monoisotopic (exact) mass is 673 g/mol.